The predicted octanol–water partition coefficient (Wildman–Crippen LogP) is 13.4. The fourth-order valence-corrected chi connectivity index (χ4v) is 6.75. The molecule has 8 nitrogen and oxygen atoms in total. The number of hydrogen-bond donors (Lipinski definition) is 0. The van der Waals surface area contributed by atoms with Crippen LogP contribution in [0.3, 0.4) is 0 Å². The van der Waals surface area contributed by atoms with Crippen molar-refractivity contribution in [3.05, 3.63) is 197 Å². The van der Waals surface area contributed by atoms with Crippen LogP contribution in [-0.2, 0) is 0 Å². The van der Waals surface area contributed by atoms with E-state index in [2.05, 4.69) is 45.0 Å². The molecule has 0 radical (unpaired) electrons. The summed E-state index contributed by atoms with van der Waals surface area (Å²) in [7, 11) is 6.62. The van der Waals surface area contributed by atoms with Gasteiger partial charge in [0.15, 0.2) is 5.69 Å². The summed E-state index contributed by atoms with van der Waals surface area (Å²) in [6, 6.07) is 53.9. The van der Waals surface area contributed by atoms with E-state index >= 15 is 0 Å². The van der Waals surface area contributed by atoms with Crippen LogP contribution in [0.15, 0.2) is 158 Å². The Morgan fingerprint density at radius 3 is 1.02 bits per heavy atom. The molecule has 7 aromatic carbocycles. The van der Waals surface area contributed by atoms with E-state index in [1.807, 2.05) is 146 Å². The Morgan fingerprint density at radius 1 is 0.433 bits per heavy atom. The van der Waals surface area contributed by atoms with Crippen molar-refractivity contribution in [2.24, 2.45) is 0 Å². The zero-order valence-corrected chi connectivity index (χ0v) is 33.7. The maximum absolute atomic E-state index is 10.2. The molecule has 0 saturated carbocycles. The number of nitrogens with zero attached hydrogens (tertiary/aromatic N) is 4. The minimum atomic E-state index is 0.455. The van der Waals surface area contributed by atoms with Gasteiger partial charge in [-0.25, -0.2) is 4.85 Å². The molecule has 8 heteroatoms. The molecule has 0 saturated heterocycles. The lowest BCUT2D eigenvalue weighted by atomic mass is 10.0. The monoisotopic (exact) mass is 786 g/mol. The molecule has 60 heavy (non-hydrogen) atoms. The third kappa shape index (κ3) is 9.16. The standard InChI is InChI=1S/C52H42N4O4/c1-54-52-35-39(12-6-37-8-14-42(15-9-37)55(44-18-26-48(57-2)27-19-44)45-20-28-49(58-3)29-21-45)41(36-53)34-40(52)13-7-38-10-16-43(17-11-38)56(46-22-30-50(59-4)31-23-46)47-24-32-51(60-5)33-25-47/h6-35H,2-5H3. The minimum Gasteiger partial charge on any atom is -0.497 e. The number of nitriles is 1. The quantitative estimate of drug-likeness (QED) is 0.0803. The Bertz CT molecular complexity index is 2390. The van der Waals surface area contributed by atoms with Crippen LogP contribution in [0.4, 0.5) is 39.8 Å². The van der Waals surface area contributed by atoms with E-state index in [4.69, 9.17) is 25.5 Å². The molecule has 7 aromatic rings. The van der Waals surface area contributed by atoms with Gasteiger partial charge < -0.3 is 28.7 Å². The maximum atomic E-state index is 10.2. The summed E-state index contributed by atoms with van der Waals surface area (Å²) >= 11 is 0. The third-order valence-corrected chi connectivity index (χ3v) is 9.98. The zero-order chi connectivity index (χ0) is 41.8. The Morgan fingerprint density at radius 2 is 0.733 bits per heavy atom. The van der Waals surface area contributed by atoms with Gasteiger partial charge in [0, 0.05) is 34.1 Å². The number of ether oxygens (including phenoxy) is 4. The van der Waals surface area contributed by atoms with Gasteiger partial charge in [0.25, 0.3) is 0 Å². The van der Waals surface area contributed by atoms with E-state index in [-0.39, 0.29) is 0 Å². The van der Waals surface area contributed by atoms with Crippen LogP contribution in [0.1, 0.15) is 27.8 Å². The van der Waals surface area contributed by atoms with Crippen molar-refractivity contribution in [2.75, 3.05) is 38.2 Å². The van der Waals surface area contributed by atoms with E-state index < -0.39 is 0 Å². The van der Waals surface area contributed by atoms with Gasteiger partial charge in [-0.3, -0.25) is 0 Å². The van der Waals surface area contributed by atoms with Crippen LogP contribution in [0.2, 0.25) is 0 Å². The minimum absolute atomic E-state index is 0.455. The average molecular weight is 787 g/mol. The van der Waals surface area contributed by atoms with E-state index in [0.717, 1.165) is 68.2 Å². The Hall–Kier alpha value is -8.20. The van der Waals surface area contributed by atoms with E-state index in [9.17, 15) is 5.26 Å². The molecule has 0 bridgehead atoms. The highest BCUT2D eigenvalue weighted by atomic mass is 16.5. The molecular weight excluding hydrogens is 745 g/mol. The summed E-state index contributed by atoms with van der Waals surface area (Å²) < 4.78 is 21.6. The first-order chi connectivity index (χ1) is 29.4. The van der Waals surface area contributed by atoms with Crippen molar-refractivity contribution in [1.29, 1.82) is 5.26 Å². The molecule has 0 aliphatic rings. The fraction of sp³-hybridized carbons (Fsp3) is 0.0769. The molecule has 0 fully saturated rings. The van der Waals surface area contributed by atoms with Gasteiger partial charge in [-0.1, -0.05) is 48.6 Å². The number of benzene rings is 7. The number of methoxy groups -OCH3 is 4. The highest BCUT2D eigenvalue weighted by Crippen LogP contribution is 2.38. The molecule has 0 unspecified atom stereocenters. The van der Waals surface area contributed by atoms with Crippen LogP contribution in [0, 0.1) is 17.9 Å². The molecule has 0 heterocycles. The second-order valence-electron chi connectivity index (χ2n) is 13.5. The maximum Gasteiger partial charge on any atom is 0.194 e. The Kier molecular flexibility index (Phi) is 12.6. The lowest BCUT2D eigenvalue weighted by Crippen LogP contribution is -2.09. The SMILES string of the molecule is [C-]#[N+]c1cc(C=Cc2ccc(N(c3ccc(OC)cc3)c3ccc(OC)cc3)cc2)c(C#N)cc1C=Cc1ccc(N(c2ccc(OC)cc2)c2ccc(OC)cc2)cc1. The van der Waals surface area contributed by atoms with Crippen molar-refractivity contribution in [3.63, 3.8) is 0 Å². The summed E-state index contributed by atoms with van der Waals surface area (Å²) in [6.07, 6.45) is 7.68. The van der Waals surface area contributed by atoms with Gasteiger partial charge in [-0.2, -0.15) is 5.26 Å². The van der Waals surface area contributed by atoms with E-state index in [1.165, 1.54) is 0 Å². The number of hydrogen-bond acceptors (Lipinski definition) is 7. The van der Waals surface area contributed by atoms with Gasteiger partial charge in [0.2, 0.25) is 0 Å². The molecule has 0 amide bonds. The van der Waals surface area contributed by atoms with E-state index in [1.54, 1.807) is 40.6 Å². The number of anilines is 6. The highest BCUT2D eigenvalue weighted by molar-refractivity contribution is 5.84. The molecule has 0 aromatic heterocycles. The molecular formula is C52H42N4O4. The van der Waals surface area contributed by atoms with Crippen molar-refractivity contribution < 1.29 is 18.9 Å². The number of rotatable bonds is 14. The van der Waals surface area contributed by atoms with Gasteiger partial charge in [-0.05, 0) is 156 Å². The molecule has 0 N–H and O–H groups in total. The van der Waals surface area contributed by atoms with Gasteiger partial charge in [-0.15, -0.1) is 0 Å². The van der Waals surface area contributed by atoms with Gasteiger partial charge in [0.05, 0.1) is 46.6 Å². The summed E-state index contributed by atoms with van der Waals surface area (Å²) in [4.78, 5) is 8.13. The molecule has 294 valence electrons. The average Bonchev–Trinajstić information content (AvgIpc) is 3.32. The molecule has 0 atom stereocenters. The second-order valence-corrected chi connectivity index (χ2v) is 13.5. The lowest BCUT2D eigenvalue weighted by Gasteiger charge is -2.26. The largest absolute Gasteiger partial charge is 0.497 e. The smallest absolute Gasteiger partial charge is 0.194 e. The predicted molar refractivity (Wildman–Crippen MR) is 244 cm³/mol. The first kappa shape index (κ1) is 40.0. The Balaban J connectivity index is 1.11. The summed E-state index contributed by atoms with van der Waals surface area (Å²) in [6.45, 7) is 7.97. The van der Waals surface area contributed by atoms with Crippen LogP contribution in [0.25, 0.3) is 29.1 Å². The van der Waals surface area contributed by atoms with Gasteiger partial charge >= 0.3 is 0 Å². The third-order valence-electron chi connectivity index (χ3n) is 9.98. The summed E-state index contributed by atoms with van der Waals surface area (Å²) in [5.41, 5.74) is 9.99. The molecule has 0 spiro atoms. The topological polar surface area (TPSA) is 71.6 Å². The second kappa shape index (κ2) is 18.8. The van der Waals surface area contributed by atoms with Gasteiger partial charge in [0.1, 0.15) is 23.0 Å². The molecule has 0 aliphatic heterocycles. The van der Waals surface area contributed by atoms with Crippen LogP contribution in [0.5, 0.6) is 23.0 Å². The lowest BCUT2D eigenvalue weighted by molar-refractivity contribution is 0.414. The van der Waals surface area contributed by atoms with Crippen LogP contribution in [-0.4, -0.2) is 28.4 Å². The van der Waals surface area contributed by atoms with E-state index in [0.29, 0.717) is 22.4 Å². The first-order valence-electron chi connectivity index (χ1n) is 19.1. The van der Waals surface area contributed by atoms with Crippen LogP contribution >= 0.6 is 0 Å². The summed E-state index contributed by atoms with van der Waals surface area (Å²) in [5.74, 6) is 3.12. The van der Waals surface area contributed by atoms with Crippen molar-refractivity contribution in [3.8, 4) is 29.1 Å². The van der Waals surface area contributed by atoms with Crippen molar-refractivity contribution in [1.82, 2.24) is 0 Å². The normalized spacial score (nSPS) is 10.8. The van der Waals surface area contributed by atoms with Crippen LogP contribution < -0.4 is 28.7 Å². The van der Waals surface area contributed by atoms with Crippen molar-refractivity contribution in [2.45, 2.75) is 0 Å². The zero-order valence-electron chi connectivity index (χ0n) is 33.7. The fourth-order valence-electron chi connectivity index (χ4n) is 6.75. The summed E-state index contributed by atoms with van der Waals surface area (Å²) in [5, 5.41) is 10.2. The molecule has 7 rings (SSSR count). The van der Waals surface area contributed by atoms with Crippen molar-refractivity contribution >= 4 is 64.1 Å². The first-order valence-corrected chi connectivity index (χ1v) is 19.1. The Labute approximate surface area is 351 Å². The highest BCUT2D eigenvalue weighted by Gasteiger charge is 2.15. The molecule has 0 aliphatic carbocycles.